The van der Waals surface area contributed by atoms with E-state index in [-0.39, 0.29) is 17.0 Å². The molecule has 0 aromatic rings. The minimum atomic E-state index is -2.94. The van der Waals surface area contributed by atoms with Crippen LogP contribution in [-0.4, -0.2) is 32.0 Å². The number of hydrogen-bond acceptors (Lipinski definition) is 4. The Kier molecular flexibility index (Phi) is 7.56. The third-order valence-corrected chi connectivity index (χ3v) is 6.31. The molecule has 0 heterocycles. The van der Waals surface area contributed by atoms with Crippen molar-refractivity contribution in [1.82, 2.24) is 0 Å². The number of ether oxygens (including phenoxy) is 1. The third-order valence-electron chi connectivity index (χ3n) is 4.01. The van der Waals surface area contributed by atoms with E-state index in [0.717, 1.165) is 38.5 Å². The van der Waals surface area contributed by atoms with Gasteiger partial charge in [0.05, 0.1) is 17.6 Å². The molecular weight excluding hydrogens is 276 g/mol. The van der Waals surface area contributed by atoms with Crippen molar-refractivity contribution in [2.45, 2.75) is 70.5 Å². The zero-order valence-electron chi connectivity index (χ0n) is 12.8. The molecule has 0 bridgehead atoms. The van der Waals surface area contributed by atoms with E-state index in [9.17, 15) is 13.2 Å². The van der Waals surface area contributed by atoms with Crippen LogP contribution in [0.5, 0.6) is 0 Å². The molecule has 1 rings (SSSR count). The Bertz CT molecular complexity index is 389. The summed E-state index contributed by atoms with van der Waals surface area (Å²) in [7, 11) is -2.94. The lowest BCUT2D eigenvalue weighted by Gasteiger charge is -2.26. The lowest BCUT2D eigenvalue weighted by molar-refractivity contribution is -0.143. The van der Waals surface area contributed by atoms with Crippen LogP contribution in [0.4, 0.5) is 0 Å². The van der Waals surface area contributed by atoms with Crippen molar-refractivity contribution in [2.75, 3.05) is 12.4 Å². The number of rotatable bonds is 8. The first-order valence-electron chi connectivity index (χ1n) is 7.83. The summed E-state index contributed by atoms with van der Waals surface area (Å²) in [6.45, 7) is 4.34. The van der Waals surface area contributed by atoms with Crippen molar-refractivity contribution >= 4 is 15.8 Å². The first kappa shape index (κ1) is 17.5. The van der Waals surface area contributed by atoms with Crippen LogP contribution in [0.25, 0.3) is 0 Å². The summed E-state index contributed by atoms with van der Waals surface area (Å²) in [5.74, 6) is 0.622. The fourth-order valence-electron chi connectivity index (χ4n) is 2.85. The third kappa shape index (κ3) is 6.25. The fourth-order valence-corrected chi connectivity index (χ4v) is 4.94. The van der Waals surface area contributed by atoms with E-state index in [1.807, 2.05) is 0 Å². The molecule has 2 unspecified atom stereocenters. The molecule has 1 aliphatic carbocycles. The largest absolute Gasteiger partial charge is 0.466 e. The number of carbonyl (C=O) groups excluding carboxylic acids is 1. The van der Waals surface area contributed by atoms with E-state index in [1.165, 1.54) is 0 Å². The molecule has 118 valence electrons. The number of esters is 1. The van der Waals surface area contributed by atoms with E-state index in [0.29, 0.717) is 25.4 Å². The maximum atomic E-state index is 12.2. The van der Waals surface area contributed by atoms with Gasteiger partial charge in [-0.2, -0.15) is 0 Å². The van der Waals surface area contributed by atoms with Crippen molar-refractivity contribution in [3.05, 3.63) is 0 Å². The molecule has 0 N–H and O–H groups in total. The Labute approximate surface area is 123 Å². The molecule has 5 heteroatoms. The Morgan fingerprint density at radius 1 is 1.20 bits per heavy atom. The molecule has 0 aliphatic heterocycles. The molecule has 0 saturated heterocycles. The number of carbonyl (C=O) groups is 1. The Hall–Kier alpha value is -0.580. The molecule has 0 amide bonds. The van der Waals surface area contributed by atoms with E-state index in [1.54, 1.807) is 6.92 Å². The first-order valence-corrected chi connectivity index (χ1v) is 9.54. The van der Waals surface area contributed by atoms with Gasteiger partial charge in [-0.1, -0.05) is 26.2 Å². The smallest absolute Gasteiger partial charge is 0.305 e. The van der Waals surface area contributed by atoms with Crippen molar-refractivity contribution in [1.29, 1.82) is 0 Å². The Morgan fingerprint density at radius 2 is 1.95 bits per heavy atom. The van der Waals surface area contributed by atoms with Crippen LogP contribution < -0.4 is 0 Å². The van der Waals surface area contributed by atoms with E-state index < -0.39 is 9.84 Å². The molecule has 1 saturated carbocycles. The van der Waals surface area contributed by atoms with Crippen LogP contribution in [0.1, 0.15) is 65.2 Å². The molecule has 20 heavy (non-hydrogen) atoms. The van der Waals surface area contributed by atoms with Gasteiger partial charge in [0.1, 0.15) is 0 Å². The lowest BCUT2D eigenvalue weighted by atomic mass is 9.91. The molecule has 1 aliphatic rings. The molecule has 4 nitrogen and oxygen atoms in total. The minimum Gasteiger partial charge on any atom is -0.466 e. The van der Waals surface area contributed by atoms with Gasteiger partial charge in [-0.05, 0) is 38.5 Å². The number of unbranched alkanes of at least 4 members (excludes halogenated alkanes) is 2. The van der Waals surface area contributed by atoms with Gasteiger partial charge in [-0.15, -0.1) is 0 Å². The lowest BCUT2D eigenvalue weighted by Crippen LogP contribution is -2.29. The highest BCUT2D eigenvalue weighted by atomic mass is 32.2. The molecule has 0 aromatic carbocycles. The molecular formula is C15H28O4S. The van der Waals surface area contributed by atoms with Crippen LogP contribution in [0.15, 0.2) is 0 Å². The van der Waals surface area contributed by atoms with E-state index in [2.05, 4.69) is 6.92 Å². The summed E-state index contributed by atoms with van der Waals surface area (Å²) < 4.78 is 29.3. The summed E-state index contributed by atoms with van der Waals surface area (Å²) in [5, 5.41) is -0.128. The topological polar surface area (TPSA) is 60.4 Å². The molecule has 1 fully saturated rings. The summed E-state index contributed by atoms with van der Waals surface area (Å²) in [6.07, 6.45) is 6.40. The highest BCUT2D eigenvalue weighted by Crippen LogP contribution is 2.29. The Morgan fingerprint density at radius 3 is 2.60 bits per heavy atom. The number of hydrogen-bond donors (Lipinski definition) is 0. The summed E-state index contributed by atoms with van der Waals surface area (Å²) in [5.41, 5.74) is 0. The monoisotopic (exact) mass is 304 g/mol. The molecule has 0 aromatic heterocycles. The van der Waals surface area contributed by atoms with Crippen molar-refractivity contribution in [2.24, 2.45) is 5.92 Å². The van der Waals surface area contributed by atoms with Gasteiger partial charge in [0.15, 0.2) is 9.84 Å². The highest BCUT2D eigenvalue weighted by Gasteiger charge is 2.29. The van der Waals surface area contributed by atoms with Gasteiger partial charge in [0, 0.05) is 6.42 Å². The predicted octanol–water partition coefficient (Wildman–Crippen LogP) is 3.10. The van der Waals surface area contributed by atoms with Crippen molar-refractivity contribution < 1.29 is 17.9 Å². The predicted molar refractivity (Wildman–Crippen MR) is 80.3 cm³/mol. The first-order chi connectivity index (χ1) is 9.45. The average Bonchev–Trinajstić information content (AvgIpc) is 2.38. The second kappa shape index (κ2) is 8.65. The van der Waals surface area contributed by atoms with Gasteiger partial charge in [-0.3, -0.25) is 4.79 Å². The number of sulfone groups is 1. The molecule has 0 spiro atoms. The van der Waals surface area contributed by atoms with Crippen LogP contribution in [-0.2, 0) is 19.4 Å². The quantitative estimate of drug-likeness (QED) is 0.510. The van der Waals surface area contributed by atoms with Crippen LogP contribution in [0.3, 0.4) is 0 Å². The SMILES string of the molecule is CCOC(=O)CCCCCS(=O)(=O)C1CCCC(C)C1. The zero-order valence-corrected chi connectivity index (χ0v) is 13.6. The van der Waals surface area contributed by atoms with Crippen molar-refractivity contribution in [3.8, 4) is 0 Å². The van der Waals surface area contributed by atoms with Gasteiger partial charge < -0.3 is 4.74 Å². The van der Waals surface area contributed by atoms with E-state index >= 15 is 0 Å². The Balaban J connectivity index is 2.21. The van der Waals surface area contributed by atoms with Gasteiger partial charge >= 0.3 is 5.97 Å². The van der Waals surface area contributed by atoms with Crippen LogP contribution in [0, 0.1) is 5.92 Å². The summed E-state index contributed by atoms with van der Waals surface area (Å²) in [6, 6.07) is 0. The van der Waals surface area contributed by atoms with Gasteiger partial charge in [-0.25, -0.2) is 8.42 Å². The zero-order chi connectivity index (χ0) is 15.0. The summed E-state index contributed by atoms with van der Waals surface area (Å²) in [4.78, 5) is 11.1. The molecule has 2 atom stereocenters. The molecule has 0 radical (unpaired) electrons. The summed E-state index contributed by atoms with van der Waals surface area (Å²) >= 11 is 0. The fraction of sp³-hybridized carbons (Fsp3) is 0.933. The van der Waals surface area contributed by atoms with Gasteiger partial charge in [0.2, 0.25) is 0 Å². The standard InChI is InChI=1S/C15H28O4S/c1-3-19-15(16)10-5-4-6-11-20(17,18)14-9-7-8-13(2)12-14/h13-14H,3-12H2,1-2H3. The van der Waals surface area contributed by atoms with Gasteiger partial charge in [0.25, 0.3) is 0 Å². The van der Waals surface area contributed by atoms with Crippen LogP contribution >= 0.6 is 0 Å². The minimum absolute atomic E-state index is 0.128. The van der Waals surface area contributed by atoms with Crippen LogP contribution in [0.2, 0.25) is 0 Å². The normalized spacial score (nSPS) is 23.5. The highest BCUT2D eigenvalue weighted by molar-refractivity contribution is 7.92. The maximum Gasteiger partial charge on any atom is 0.305 e. The average molecular weight is 304 g/mol. The second-order valence-corrected chi connectivity index (χ2v) is 8.28. The van der Waals surface area contributed by atoms with Crippen molar-refractivity contribution in [3.63, 3.8) is 0 Å². The van der Waals surface area contributed by atoms with E-state index in [4.69, 9.17) is 4.74 Å². The maximum absolute atomic E-state index is 12.2. The second-order valence-electron chi connectivity index (χ2n) is 5.88.